The molecule has 3 heterocycles. The van der Waals surface area contributed by atoms with Gasteiger partial charge in [-0.15, -0.1) is 0 Å². The summed E-state index contributed by atoms with van der Waals surface area (Å²) < 4.78 is 7.59. The van der Waals surface area contributed by atoms with Gasteiger partial charge in [0, 0.05) is 67.1 Å². The van der Waals surface area contributed by atoms with Crippen molar-refractivity contribution in [2.75, 3.05) is 38.2 Å². The van der Waals surface area contributed by atoms with Gasteiger partial charge in [0.2, 0.25) is 0 Å². The Labute approximate surface area is 170 Å². The first-order valence-electron chi connectivity index (χ1n) is 9.99. The molecule has 1 aliphatic heterocycles. The Balaban J connectivity index is 1.67. The Kier molecular flexibility index (Phi) is 4.66. The third-order valence-electron chi connectivity index (χ3n) is 5.61. The highest BCUT2D eigenvalue weighted by Gasteiger charge is 2.16. The van der Waals surface area contributed by atoms with Crippen LogP contribution in [0, 0.1) is 0 Å². The third-order valence-corrected chi connectivity index (χ3v) is 5.61. The van der Waals surface area contributed by atoms with Gasteiger partial charge in [-0.2, -0.15) is 0 Å². The highest BCUT2D eigenvalue weighted by molar-refractivity contribution is 5.98. The zero-order chi connectivity index (χ0) is 19.6. The van der Waals surface area contributed by atoms with Gasteiger partial charge in [-0.05, 0) is 42.0 Å². The molecule has 146 valence electrons. The fourth-order valence-corrected chi connectivity index (χ4v) is 4.05. The fraction of sp³-hybridized carbons (Fsp3) is 0.208. The van der Waals surface area contributed by atoms with Gasteiger partial charge in [-0.25, -0.2) is 0 Å². The maximum absolute atomic E-state index is 5.33. The van der Waals surface area contributed by atoms with Crippen LogP contribution in [0.1, 0.15) is 0 Å². The highest BCUT2D eigenvalue weighted by atomic mass is 16.5. The molecule has 0 spiro atoms. The molecule has 2 aromatic heterocycles. The summed E-state index contributed by atoms with van der Waals surface area (Å²) in [6.07, 6.45) is 5.91. The number of hydrogen-bond acceptors (Lipinski definition) is 4. The van der Waals surface area contributed by atoms with E-state index in [4.69, 9.17) is 4.74 Å². The number of piperazine rings is 1. The van der Waals surface area contributed by atoms with E-state index >= 15 is 0 Å². The van der Waals surface area contributed by atoms with Gasteiger partial charge >= 0.3 is 0 Å². The minimum Gasteiger partial charge on any atom is -0.497 e. The molecule has 2 aromatic carbocycles. The maximum atomic E-state index is 5.33. The molecule has 0 atom stereocenters. The number of methoxy groups -OCH3 is 1. The normalized spacial score (nSPS) is 14.3. The van der Waals surface area contributed by atoms with Crippen LogP contribution in [0.4, 0.5) is 5.69 Å². The summed E-state index contributed by atoms with van der Waals surface area (Å²) in [5.41, 5.74) is 5.99. The van der Waals surface area contributed by atoms with Crippen LogP contribution in [0.3, 0.4) is 0 Å². The standard InChI is InChI=1S/C24H24N4O/c1-29-21-5-2-18(3-6-21)23-17-28(19-8-10-25-11-9-19)24-16-20(4-7-22(23)24)27-14-12-26-13-15-27/h2-11,16-17,26H,12-15H2,1H3. The number of nitrogens with one attached hydrogen (secondary N) is 1. The molecule has 1 fully saturated rings. The van der Waals surface area contributed by atoms with Gasteiger partial charge in [0.25, 0.3) is 0 Å². The summed E-state index contributed by atoms with van der Waals surface area (Å²) in [6, 6.07) is 19.2. The number of hydrogen-bond donors (Lipinski definition) is 1. The largest absolute Gasteiger partial charge is 0.497 e. The zero-order valence-electron chi connectivity index (χ0n) is 16.5. The first-order valence-corrected chi connectivity index (χ1v) is 9.99. The second-order valence-corrected chi connectivity index (χ2v) is 7.29. The number of anilines is 1. The average Bonchev–Trinajstić information content (AvgIpc) is 3.19. The van der Waals surface area contributed by atoms with Crippen molar-refractivity contribution in [1.29, 1.82) is 0 Å². The molecule has 0 bridgehead atoms. The second-order valence-electron chi connectivity index (χ2n) is 7.29. The van der Waals surface area contributed by atoms with Crippen molar-refractivity contribution in [2.24, 2.45) is 0 Å². The Morgan fingerprint density at radius 2 is 1.66 bits per heavy atom. The van der Waals surface area contributed by atoms with E-state index in [0.29, 0.717) is 0 Å². The molecule has 5 nitrogen and oxygen atoms in total. The Bertz CT molecular complexity index is 1110. The summed E-state index contributed by atoms with van der Waals surface area (Å²) in [7, 11) is 1.70. The van der Waals surface area contributed by atoms with Crippen molar-refractivity contribution in [3.63, 3.8) is 0 Å². The molecule has 0 unspecified atom stereocenters. The molecule has 0 aliphatic carbocycles. The smallest absolute Gasteiger partial charge is 0.118 e. The lowest BCUT2D eigenvalue weighted by atomic mass is 10.0. The predicted molar refractivity (Wildman–Crippen MR) is 118 cm³/mol. The molecule has 4 aromatic rings. The average molecular weight is 384 g/mol. The molecule has 1 saturated heterocycles. The van der Waals surface area contributed by atoms with Gasteiger partial charge in [-0.3, -0.25) is 4.98 Å². The van der Waals surface area contributed by atoms with E-state index in [2.05, 4.69) is 68.4 Å². The summed E-state index contributed by atoms with van der Waals surface area (Å²) in [5.74, 6) is 0.868. The number of aromatic nitrogens is 2. The van der Waals surface area contributed by atoms with Crippen LogP contribution in [0.25, 0.3) is 27.7 Å². The second kappa shape index (κ2) is 7.60. The van der Waals surface area contributed by atoms with Crippen LogP contribution in [0.15, 0.2) is 73.2 Å². The van der Waals surface area contributed by atoms with Crippen molar-refractivity contribution in [3.05, 3.63) is 73.2 Å². The van der Waals surface area contributed by atoms with Crippen LogP contribution < -0.4 is 15.0 Å². The van der Waals surface area contributed by atoms with Crippen molar-refractivity contribution in [3.8, 4) is 22.6 Å². The molecule has 1 aliphatic rings. The molecule has 29 heavy (non-hydrogen) atoms. The lowest BCUT2D eigenvalue weighted by Gasteiger charge is -2.29. The quantitative estimate of drug-likeness (QED) is 0.575. The summed E-state index contributed by atoms with van der Waals surface area (Å²) in [6.45, 7) is 4.13. The topological polar surface area (TPSA) is 42.3 Å². The van der Waals surface area contributed by atoms with Gasteiger partial charge in [0.1, 0.15) is 5.75 Å². The lowest BCUT2D eigenvalue weighted by Crippen LogP contribution is -2.43. The van der Waals surface area contributed by atoms with E-state index in [-0.39, 0.29) is 0 Å². The van der Waals surface area contributed by atoms with Crippen LogP contribution >= 0.6 is 0 Å². The molecule has 5 heteroatoms. The molecule has 0 radical (unpaired) electrons. The van der Waals surface area contributed by atoms with Crippen molar-refractivity contribution < 1.29 is 4.74 Å². The van der Waals surface area contributed by atoms with Gasteiger partial charge < -0.3 is 19.5 Å². The number of fused-ring (bicyclic) bond motifs is 1. The van der Waals surface area contributed by atoms with Crippen LogP contribution in [0.5, 0.6) is 5.75 Å². The predicted octanol–water partition coefficient (Wildman–Crippen LogP) is 4.11. The van der Waals surface area contributed by atoms with Crippen LogP contribution in [-0.4, -0.2) is 42.8 Å². The van der Waals surface area contributed by atoms with E-state index in [0.717, 1.165) is 37.6 Å². The van der Waals surface area contributed by atoms with E-state index in [1.54, 1.807) is 7.11 Å². The third kappa shape index (κ3) is 3.34. The van der Waals surface area contributed by atoms with E-state index in [9.17, 15) is 0 Å². The minimum atomic E-state index is 0.868. The van der Waals surface area contributed by atoms with E-state index in [1.807, 2.05) is 24.5 Å². The fourth-order valence-electron chi connectivity index (χ4n) is 4.05. The molecule has 0 saturated carbocycles. The SMILES string of the molecule is COc1ccc(-c2cn(-c3ccncc3)c3cc(N4CCNCC4)ccc23)cc1. The minimum absolute atomic E-state index is 0.868. The molecule has 1 N–H and O–H groups in total. The molecular weight excluding hydrogens is 360 g/mol. The highest BCUT2D eigenvalue weighted by Crippen LogP contribution is 2.35. The number of pyridine rings is 1. The first kappa shape index (κ1) is 17.8. The van der Waals surface area contributed by atoms with Crippen molar-refractivity contribution >= 4 is 16.6 Å². The molecule has 5 rings (SSSR count). The van der Waals surface area contributed by atoms with E-state index in [1.165, 1.54) is 27.7 Å². The number of ether oxygens (including phenoxy) is 1. The Hall–Kier alpha value is -3.31. The monoisotopic (exact) mass is 384 g/mol. The molecule has 0 amide bonds. The molecular formula is C24H24N4O. The van der Waals surface area contributed by atoms with Gasteiger partial charge in [-0.1, -0.05) is 18.2 Å². The Morgan fingerprint density at radius 3 is 2.38 bits per heavy atom. The number of benzene rings is 2. The van der Waals surface area contributed by atoms with Crippen LogP contribution in [0.2, 0.25) is 0 Å². The number of rotatable bonds is 4. The summed E-state index contributed by atoms with van der Waals surface area (Å²) >= 11 is 0. The first-order chi connectivity index (χ1) is 14.3. The number of nitrogens with zero attached hydrogens (tertiary/aromatic N) is 3. The lowest BCUT2D eigenvalue weighted by molar-refractivity contribution is 0.415. The van der Waals surface area contributed by atoms with Crippen LogP contribution in [-0.2, 0) is 0 Å². The van der Waals surface area contributed by atoms with Gasteiger partial charge in [0.15, 0.2) is 0 Å². The summed E-state index contributed by atoms with van der Waals surface area (Å²) in [4.78, 5) is 6.63. The summed E-state index contributed by atoms with van der Waals surface area (Å²) in [5, 5.41) is 4.67. The van der Waals surface area contributed by atoms with E-state index < -0.39 is 0 Å². The van der Waals surface area contributed by atoms with Crippen molar-refractivity contribution in [1.82, 2.24) is 14.9 Å². The van der Waals surface area contributed by atoms with Crippen molar-refractivity contribution in [2.45, 2.75) is 0 Å². The zero-order valence-corrected chi connectivity index (χ0v) is 16.5. The maximum Gasteiger partial charge on any atom is 0.118 e. The Morgan fingerprint density at radius 1 is 0.897 bits per heavy atom. The van der Waals surface area contributed by atoms with Gasteiger partial charge in [0.05, 0.1) is 12.6 Å².